The third-order valence-electron chi connectivity index (χ3n) is 5.69. The summed E-state index contributed by atoms with van der Waals surface area (Å²) in [5, 5.41) is 12.6. The lowest BCUT2D eigenvalue weighted by atomic mass is 9.96. The summed E-state index contributed by atoms with van der Waals surface area (Å²) in [7, 11) is 0. The van der Waals surface area contributed by atoms with Crippen molar-refractivity contribution in [3.05, 3.63) is 65.4 Å². The molecule has 4 rings (SSSR count). The van der Waals surface area contributed by atoms with Crippen molar-refractivity contribution < 1.29 is 4.79 Å². The normalized spacial score (nSPS) is 13.9. The first-order valence-corrected chi connectivity index (χ1v) is 11.6. The monoisotopic (exact) mass is 444 g/mol. The van der Waals surface area contributed by atoms with Gasteiger partial charge in [0.2, 0.25) is 5.95 Å². The predicted octanol–water partition coefficient (Wildman–Crippen LogP) is 6.53. The Labute approximate surface area is 195 Å². The smallest absolute Gasteiger partial charge is 0.323 e. The number of hydrogen-bond donors (Lipinski definition) is 4. The lowest BCUT2D eigenvalue weighted by Crippen LogP contribution is -2.23. The van der Waals surface area contributed by atoms with E-state index in [-0.39, 0.29) is 6.03 Å². The molecular weight excluding hydrogens is 412 g/mol. The molecule has 7 nitrogen and oxygen atoms in total. The Bertz CT molecular complexity index is 1090. The molecule has 7 heteroatoms. The van der Waals surface area contributed by atoms with E-state index in [0.29, 0.717) is 17.7 Å². The third kappa shape index (κ3) is 6.68. The maximum absolute atomic E-state index is 12.4. The fraction of sp³-hybridized carbons (Fsp3) is 0.346. The van der Waals surface area contributed by atoms with Crippen LogP contribution in [0.2, 0.25) is 0 Å². The molecule has 2 amide bonds. The van der Waals surface area contributed by atoms with Gasteiger partial charge in [0.15, 0.2) is 0 Å². The van der Waals surface area contributed by atoms with Crippen LogP contribution in [0, 0.1) is 20.8 Å². The lowest BCUT2D eigenvalue weighted by Gasteiger charge is -2.23. The van der Waals surface area contributed by atoms with Crippen molar-refractivity contribution in [2.75, 3.05) is 21.3 Å². The molecule has 2 aromatic carbocycles. The van der Waals surface area contributed by atoms with Gasteiger partial charge in [0, 0.05) is 34.9 Å². The Morgan fingerprint density at radius 3 is 2.12 bits per heavy atom. The molecule has 172 valence electrons. The second-order valence-corrected chi connectivity index (χ2v) is 8.86. The van der Waals surface area contributed by atoms with Gasteiger partial charge in [-0.1, -0.05) is 25.3 Å². The highest BCUT2D eigenvalue weighted by Gasteiger charge is 2.14. The topological polar surface area (TPSA) is 91.0 Å². The Hall–Kier alpha value is -3.61. The van der Waals surface area contributed by atoms with Gasteiger partial charge in [-0.05, 0) is 81.1 Å². The van der Waals surface area contributed by atoms with Crippen LogP contribution in [0.1, 0.15) is 48.9 Å². The van der Waals surface area contributed by atoms with Crippen molar-refractivity contribution in [3.8, 4) is 0 Å². The van der Waals surface area contributed by atoms with Gasteiger partial charge in [-0.15, -0.1) is 0 Å². The van der Waals surface area contributed by atoms with Crippen LogP contribution in [-0.4, -0.2) is 22.0 Å². The van der Waals surface area contributed by atoms with Gasteiger partial charge in [0.05, 0.1) is 0 Å². The molecule has 3 aromatic rings. The summed E-state index contributed by atoms with van der Waals surface area (Å²) in [6.07, 6.45) is 6.18. The van der Waals surface area contributed by atoms with Crippen LogP contribution in [0.5, 0.6) is 0 Å². The van der Waals surface area contributed by atoms with Gasteiger partial charge in [0.1, 0.15) is 5.82 Å². The Morgan fingerprint density at radius 1 is 0.788 bits per heavy atom. The van der Waals surface area contributed by atoms with Crippen LogP contribution in [0.25, 0.3) is 0 Å². The molecule has 4 N–H and O–H groups in total. The summed E-state index contributed by atoms with van der Waals surface area (Å²) in [4.78, 5) is 21.5. The summed E-state index contributed by atoms with van der Waals surface area (Å²) in [5.41, 5.74) is 5.50. The zero-order chi connectivity index (χ0) is 23.2. The van der Waals surface area contributed by atoms with E-state index in [0.717, 1.165) is 34.0 Å². The molecule has 0 aliphatic heterocycles. The third-order valence-corrected chi connectivity index (χ3v) is 5.69. The van der Waals surface area contributed by atoms with Gasteiger partial charge < -0.3 is 21.3 Å². The fourth-order valence-corrected chi connectivity index (χ4v) is 4.25. The van der Waals surface area contributed by atoms with E-state index in [1.807, 2.05) is 63.2 Å². The number of aryl methyl sites for hydroxylation is 3. The molecule has 1 fully saturated rings. The summed E-state index contributed by atoms with van der Waals surface area (Å²) < 4.78 is 0. The number of carbonyl (C=O) groups excluding carboxylic acids is 1. The molecule has 33 heavy (non-hydrogen) atoms. The second-order valence-electron chi connectivity index (χ2n) is 8.86. The largest absolute Gasteiger partial charge is 0.351 e. The van der Waals surface area contributed by atoms with Crippen molar-refractivity contribution in [3.63, 3.8) is 0 Å². The number of aromatic nitrogens is 2. The molecule has 0 radical (unpaired) electrons. The van der Waals surface area contributed by atoms with Gasteiger partial charge in [-0.3, -0.25) is 0 Å². The molecule has 0 saturated heterocycles. The highest BCUT2D eigenvalue weighted by molar-refractivity contribution is 5.99. The molecule has 0 spiro atoms. The van der Waals surface area contributed by atoms with Crippen LogP contribution in [0.3, 0.4) is 0 Å². The van der Waals surface area contributed by atoms with Crippen molar-refractivity contribution in [1.82, 2.24) is 9.97 Å². The Morgan fingerprint density at radius 2 is 1.42 bits per heavy atom. The minimum atomic E-state index is -0.273. The molecule has 1 aromatic heterocycles. The van der Waals surface area contributed by atoms with Crippen LogP contribution in [0.4, 0.5) is 33.6 Å². The first-order chi connectivity index (χ1) is 15.9. The van der Waals surface area contributed by atoms with E-state index in [1.54, 1.807) is 0 Å². The van der Waals surface area contributed by atoms with E-state index >= 15 is 0 Å². The van der Waals surface area contributed by atoms with Crippen molar-refractivity contribution in [2.45, 2.75) is 58.9 Å². The highest BCUT2D eigenvalue weighted by atomic mass is 16.2. The first kappa shape index (κ1) is 22.6. The summed E-state index contributed by atoms with van der Waals surface area (Å²) in [6.45, 7) is 5.99. The number of hydrogen-bond acceptors (Lipinski definition) is 5. The number of rotatable bonds is 6. The first-order valence-electron chi connectivity index (χ1n) is 11.6. The van der Waals surface area contributed by atoms with Crippen LogP contribution >= 0.6 is 0 Å². The van der Waals surface area contributed by atoms with Crippen molar-refractivity contribution in [1.29, 1.82) is 0 Å². The fourth-order valence-electron chi connectivity index (χ4n) is 4.25. The lowest BCUT2D eigenvalue weighted by molar-refractivity contribution is 0.262. The van der Waals surface area contributed by atoms with Crippen molar-refractivity contribution in [2.24, 2.45) is 0 Å². The van der Waals surface area contributed by atoms with Gasteiger partial charge >= 0.3 is 6.03 Å². The summed E-state index contributed by atoms with van der Waals surface area (Å²) in [6, 6.07) is 15.6. The quantitative estimate of drug-likeness (QED) is 0.347. The molecule has 0 unspecified atom stereocenters. The standard InChI is InChI=1S/C26H32N6O/c1-17-13-18(2)15-23(14-17)31-26(33)30-22-11-9-21(10-12-22)28-24-16-19(3)27-25(32-24)29-20-7-5-4-6-8-20/h9-16,20H,4-8H2,1-3H3,(H2,30,31,33)(H2,27,28,29,32). The summed E-state index contributed by atoms with van der Waals surface area (Å²) >= 11 is 0. The maximum Gasteiger partial charge on any atom is 0.323 e. The Balaban J connectivity index is 1.35. The molecular formula is C26H32N6O. The average Bonchev–Trinajstić information content (AvgIpc) is 2.74. The number of urea groups is 1. The highest BCUT2D eigenvalue weighted by Crippen LogP contribution is 2.23. The van der Waals surface area contributed by atoms with Crippen molar-refractivity contribution >= 4 is 34.9 Å². The van der Waals surface area contributed by atoms with E-state index in [2.05, 4.69) is 37.3 Å². The van der Waals surface area contributed by atoms with Gasteiger partial charge in [-0.25, -0.2) is 9.78 Å². The zero-order valence-corrected chi connectivity index (χ0v) is 19.5. The van der Waals surface area contributed by atoms with E-state index in [9.17, 15) is 4.79 Å². The van der Waals surface area contributed by atoms with Crippen LogP contribution in [0.15, 0.2) is 48.5 Å². The number of nitrogens with zero attached hydrogens (tertiary/aromatic N) is 2. The molecule has 1 aliphatic carbocycles. The predicted molar refractivity (Wildman–Crippen MR) is 136 cm³/mol. The summed E-state index contributed by atoms with van der Waals surface area (Å²) in [5.74, 6) is 1.42. The number of anilines is 5. The minimum Gasteiger partial charge on any atom is -0.351 e. The number of nitrogens with one attached hydrogen (secondary N) is 4. The minimum absolute atomic E-state index is 0.273. The molecule has 1 heterocycles. The SMILES string of the molecule is Cc1cc(C)cc(NC(=O)Nc2ccc(Nc3cc(C)nc(NC4CCCCC4)n3)cc2)c1. The maximum atomic E-state index is 12.4. The van der Waals surface area contributed by atoms with E-state index < -0.39 is 0 Å². The van der Waals surface area contributed by atoms with E-state index in [4.69, 9.17) is 0 Å². The Kier molecular flexibility index (Phi) is 7.07. The number of amides is 2. The molecule has 1 saturated carbocycles. The molecule has 0 atom stereocenters. The average molecular weight is 445 g/mol. The van der Waals surface area contributed by atoms with E-state index in [1.165, 1.54) is 32.1 Å². The van der Waals surface area contributed by atoms with Gasteiger partial charge in [-0.2, -0.15) is 4.98 Å². The molecule has 0 bridgehead atoms. The molecule has 1 aliphatic rings. The number of carbonyl (C=O) groups is 1. The van der Waals surface area contributed by atoms with Crippen LogP contribution in [-0.2, 0) is 0 Å². The second kappa shape index (κ2) is 10.3. The van der Waals surface area contributed by atoms with Gasteiger partial charge in [0.25, 0.3) is 0 Å². The zero-order valence-electron chi connectivity index (χ0n) is 19.5. The van der Waals surface area contributed by atoms with Crippen LogP contribution < -0.4 is 21.3 Å². The number of benzene rings is 2.